The molecule has 3 aromatic rings. The van der Waals surface area contributed by atoms with Gasteiger partial charge in [-0.2, -0.15) is 5.10 Å². The maximum absolute atomic E-state index is 12.8. The molecule has 1 aliphatic heterocycles. The highest BCUT2D eigenvalue weighted by molar-refractivity contribution is 5.95. The molecule has 10 heteroatoms. The van der Waals surface area contributed by atoms with Crippen LogP contribution in [0.3, 0.4) is 0 Å². The number of amides is 2. The molecule has 2 aromatic heterocycles. The number of aryl methyl sites for hydroxylation is 1. The van der Waals surface area contributed by atoms with Crippen molar-refractivity contribution in [3.63, 3.8) is 0 Å². The summed E-state index contributed by atoms with van der Waals surface area (Å²) in [4.78, 5) is 36.3. The first kappa shape index (κ1) is 23.5. The Balaban J connectivity index is 1.64. The van der Waals surface area contributed by atoms with Gasteiger partial charge in [0.25, 0.3) is 11.8 Å². The third kappa shape index (κ3) is 5.29. The van der Waals surface area contributed by atoms with Gasteiger partial charge >= 0.3 is 0 Å². The van der Waals surface area contributed by atoms with E-state index in [4.69, 9.17) is 0 Å². The number of nitrogens with zero attached hydrogens (tertiary/aromatic N) is 5. The van der Waals surface area contributed by atoms with E-state index in [2.05, 4.69) is 20.4 Å². The van der Waals surface area contributed by atoms with Gasteiger partial charge in [-0.15, -0.1) is 0 Å². The minimum atomic E-state index is -0.422. The van der Waals surface area contributed by atoms with Crippen LogP contribution in [0.2, 0.25) is 0 Å². The fourth-order valence-electron chi connectivity index (χ4n) is 3.76. The lowest BCUT2D eigenvalue weighted by molar-refractivity contribution is 0.0546. The van der Waals surface area contributed by atoms with Crippen molar-refractivity contribution in [3.8, 4) is 22.6 Å². The number of rotatable bonds is 6. The van der Waals surface area contributed by atoms with Gasteiger partial charge in [0, 0.05) is 43.5 Å². The van der Waals surface area contributed by atoms with Gasteiger partial charge in [-0.1, -0.05) is 12.1 Å². The first-order chi connectivity index (χ1) is 16.3. The molecular weight excluding hydrogens is 436 g/mol. The van der Waals surface area contributed by atoms with Crippen LogP contribution in [0, 0.1) is 0 Å². The van der Waals surface area contributed by atoms with Gasteiger partial charge in [0.05, 0.1) is 30.2 Å². The number of carbonyl (C=O) groups excluding carboxylic acids is 2. The third-order valence-corrected chi connectivity index (χ3v) is 5.75. The molecule has 10 nitrogen and oxygen atoms in total. The smallest absolute Gasteiger partial charge is 0.270 e. The Bertz CT molecular complexity index is 1170. The van der Waals surface area contributed by atoms with E-state index >= 15 is 0 Å². The highest BCUT2D eigenvalue weighted by Crippen LogP contribution is 2.24. The van der Waals surface area contributed by atoms with Crippen molar-refractivity contribution in [3.05, 3.63) is 54.0 Å². The molecule has 4 rings (SSSR count). The Kier molecular flexibility index (Phi) is 6.99. The minimum Gasteiger partial charge on any atom is -0.394 e. The van der Waals surface area contributed by atoms with E-state index in [1.54, 1.807) is 66.3 Å². The number of hydrogen-bond acceptors (Lipinski definition) is 7. The van der Waals surface area contributed by atoms with E-state index in [0.717, 1.165) is 5.56 Å². The zero-order chi connectivity index (χ0) is 24.2. The standard InChI is InChI=1S/C24H28N6O4/c1-15(14-31)26-23(33)21-11-20(27-22(28-21)18-12-25-29(2)13-18)16-3-5-17(6-4-16)24(34)30-9-7-19(32)8-10-30/h3-6,11-13,15,19,31-32H,7-10,14H2,1-2H3,(H,26,33)/t15-/m0/s1. The van der Waals surface area contributed by atoms with Gasteiger partial charge in [-0.05, 0) is 38.0 Å². The lowest BCUT2D eigenvalue weighted by Gasteiger charge is -2.29. The number of benzene rings is 1. The molecule has 1 saturated heterocycles. The largest absolute Gasteiger partial charge is 0.394 e. The van der Waals surface area contributed by atoms with Crippen molar-refractivity contribution >= 4 is 11.8 Å². The maximum atomic E-state index is 12.8. The summed E-state index contributed by atoms with van der Waals surface area (Å²) in [5.74, 6) is -0.149. The Labute approximate surface area is 197 Å². The van der Waals surface area contributed by atoms with E-state index in [1.165, 1.54) is 0 Å². The van der Waals surface area contributed by atoms with Crippen LogP contribution in [0.1, 0.15) is 40.6 Å². The summed E-state index contributed by atoms with van der Waals surface area (Å²) in [6.07, 6.45) is 4.21. The normalized spacial score (nSPS) is 15.2. The fraction of sp³-hybridized carbons (Fsp3) is 0.375. The van der Waals surface area contributed by atoms with E-state index < -0.39 is 11.9 Å². The summed E-state index contributed by atoms with van der Waals surface area (Å²) < 4.78 is 1.62. The van der Waals surface area contributed by atoms with Crippen LogP contribution in [-0.4, -0.2) is 78.5 Å². The number of aliphatic hydroxyl groups is 2. The van der Waals surface area contributed by atoms with Crippen LogP contribution >= 0.6 is 0 Å². The van der Waals surface area contributed by atoms with E-state index in [9.17, 15) is 19.8 Å². The number of carbonyl (C=O) groups is 2. The third-order valence-electron chi connectivity index (χ3n) is 5.75. The fourth-order valence-corrected chi connectivity index (χ4v) is 3.76. The SMILES string of the molecule is C[C@@H](CO)NC(=O)c1cc(-c2ccc(C(=O)N3CCC(O)CC3)cc2)nc(-c2cnn(C)c2)n1. The van der Waals surface area contributed by atoms with Crippen molar-refractivity contribution in [2.75, 3.05) is 19.7 Å². The van der Waals surface area contributed by atoms with Crippen molar-refractivity contribution < 1.29 is 19.8 Å². The van der Waals surface area contributed by atoms with E-state index in [-0.39, 0.29) is 24.3 Å². The Morgan fingerprint density at radius 1 is 1.15 bits per heavy atom. The molecule has 1 atom stereocenters. The molecule has 0 radical (unpaired) electrons. The molecule has 1 fully saturated rings. The molecule has 0 aliphatic carbocycles. The molecule has 1 aromatic carbocycles. The molecular formula is C24H28N6O4. The highest BCUT2D eigenvalue weighted by atomic mass is 16.3. The monoisotopic (exact) mass is 464 g/mol. The van der Waals surface area contributed by atoms with Gasteiger partial charge in [-0.3, -0.25) is 14.3 Å². The molecule has 178 valence electrons. The van der Waals surface area contributed by atoms with Crippen molar-refractivity contribution in [2.45, 2.75) is 31.9 Å². The summed E-state index contributed by atoms with van der Waals surface area (Å²) in [7, 11) is 1.78. The summed E-state index contributed by atoms with van der Waals surface area (Å²) in [5, 5.41) is 25.8. The van der Waals surface area contributed by atoms with Gasteiger partial charge in [0.1, 0.15) is 5.69 Å². The summed E-state index contributed by atoms with van der Waals surface area (Å²) in [5.41, 5.74) is 2.62. The van der Waals surface area contributed by atoms with E-state index in [0.29, 0.717) is 48.6 Å². The van der Waals surface area contributed by atoms with Crippen molar-refractivity contribution in [1.82, 2.24) is 30.0 Å². The molecule has 0 unspecified atom stereocenters. The average Bonchev–Trinajstić information content (AvgIpc) is 3.30. The molecule has 0 spiro atoms. The Morgan fingerprint density at radius 2 is 1.85 bits per heavy atom. The molecule has 34 heavy (non-hydrogen) atoms. The molecule has 1 aliphatic rings. The zero-order valence-electron chi connectivity index (χ0n) is 19.2. The number of likely N-dealkylation sites (tertiary alicyclic amines) is 1. The van der Waals surface area contributed by atoms with Crippen LogP contribution in [0.4, 0.5) is 0 Å². The molecule has 0 bridgehead atoms. The maximum Gasteiger partial charge on any atom is 0.270 e. The van der Waals surface area contributed by atoms with Crippen LogP contribution in [0.5, 0.6) is 0 Å². The van der Waals surface area contributed by atoms with Crippen LogP contribution in [0.15, 0.2) is 42.7 Å². The van der Waals surface area contributed by atoms with E-state index in [1.807, 2.05) is 0 Å². The van der Waals surface area contributed by atoms with Gasteiger partial charge in [0.15, 0.2) is 5.82 Å². The number of aromatic nitrogens is 4. The number of piperidine rings is 1. The topological polar surface area (TPSA) is 133 Å². The second-order valence-corrected chi connectivity index (χ2v) is 8.52. The van der Waals surface area contributed by atoms with Crippen molar-refractivity contribution in [1.29, 1.82) is 0 Å². The van der Waals surface area contributed by atoms with Crippen LogP contribution < -0.4 is 5.32 Å². The number of nitrogens with one attached hydrogen (secondary N) is 1. The van der Waals surface area contributed by atoms with Gasteiger partial charge in [0.2, 0.25) is 0 Å². The average molecular weight is 465 g/mol. The first-order valence-corrected chi connectivity index (χ1v) is 11.2. The highest BCUT2D eigenvalue weighted by Gasteiger charge is 2.22. The molecule has 0 saturated carbocycles. The predicted molar refractivity (Wildman–Crippen MR) is 125 cm³/mol. The molecule has 3 heterocycles. The molecule has 3 N–H and O–H groups in total. The Morgan fingerprint density at radius 3 is 2.47 bits per heavy atom. The van der Waals surface area contributed by atoms with Crippen molar-refractivity contribution in [2.24, 2.45) is 7.05 Å². The van der Waals surface area contributed by atoms with Crippen LogP contribution in [0.25, 0.3) is 22.6 Å². The number of aliphatic hydroxyl groups excluding tert-OH is 2. The van der Waals surface area contributed by atoms with Gasteiger partial charge < -0.3 is 20.4 Å². The second-order valence-electron chi connectivity index (χ2n) is 8.52. The minimum absolute atomic E-state index is 0.0738. The first-order valence-electron chi connectivity index (χ1n) is 11.2. The quantitative estimate of drug-likeness (QED) is 0.500. The number of hydrogen-bond donors (Lipinski definition) is 3. The predicted octanol–water partition coefficient (Wildman–Crippen LogP) is 1.25. The van der Waals surface area contributed by atoms with Crippen LogP contribution in [-0.2, 0) is 7.05 Å². The Hall–Kier alpha value is -3.63. The lowest BCUT2D eigenvalue weighted by Crippen LogP contribution is -2.40. The second kappa shape index (κ2) is 10.1. The molecule has 2 amide bonds. The zero-order valence-corrected chi connectivity index (χ0v) is 19.2. The summed E-state index contributed by atoms with van der Waals surface area (Å²) in [6, 6.07) is 8.22. The van der Waals surface area contributed by atoms with Gasteiger partial charge in [-0.25, -0.2) is 9.97 Å². The summed E-state index contributed by atoms with van der Waals surface area (Å²) >= 11 is 0. The summed E-state index contributed by atoms with van der Waals surface area (Å²) in [6.45, 7) is 2.57. The lowest BCUT2D eigenvalue weighted by atomic mass is 10.0.